The Hall–Kier alpha value is -2.04. The van der Waals surface area contributed by atoms with Gasteiger partial charge in [0.05, 0.1) is 7.11 Å². The molecule has 1 fully saturated rings. The van der Waals surface area contributed by atoms with Crippen LogP contribution in [0, 0.1) is 6.92 Å². The summed E-state index contributed by atoms with van der Waals surface area (Å²) in [6, 6.07) is 6.22. The maximum absolute atomic E-state index is 6.18. The van der Waals surface area contributed by atoms with Gasteiger partial charge in [-0.05, 0) is 31.9 Å². The summed E-state index contributed by atoms with van der Waals surface area (Å²) in [5.41, 5.74) is 7.79. The Kier molecular flexibility index (Phi) is 3.82. The minimum Gasteiger partial charge on any atom is -0.497 e. The SMILES string of the molecule is COc1ccc(-c2nnc(C)n2C2CCCCC2)c(N)c1. The summed E-state index contributed by atoms with van der Waals surface area (Å²) in [5.74, 6) is 2.60. The summed E-state index contributed by atoms with van der Waals surface area (Å²) in [6.45, 7) is 2.02. The number of nitrogen functional groups attached to an aromatic ring is 1. The van der Waals surface area contributed by atoms with E-state index in [-0.39, 0.29) is 0 Å². The van der Waals surface area contributed by atoms with E-state index in [0.29, 0.717) is 11.7 Å². The van der Waals surface area contributed by atoms with Crippen LogP contribution in [0.15, 0.2) is 18.2 Å². The van der Waals surface area contributed by atoms with Crippen LogP contribution in [0.25, 0.3) is 11.4 Å². The van der Waals surface area contributed by atoms with Gasteiger partial charge in [0.15, 0.2) is 5.82 Å². The third-order valence-electron chi connectivity index (χ3n) is 4.31. The molecule has 5 heteroatoms. The van der Waals surface area contributed by atoms with E-state index >= 15 is 0 Å². The maximum Gasteiger partial charge on any atom is 0.166 e. The molecule has 0 atom stereocenters. The summed E-state index contributed by atoms with van der Waals surface area (Å²) in [7, 11) is 1.64. The molecule has 1 aliphatic carbocycles. The van der Waals surface area contributed by atoms with Gasteiger partial charge in [0.25, 0.3) is 0 Å². The van der Waals surface area contributed by atoms with Crippen molar-refractivity contribution in [3.05, 3.63) is 24.0 Å². The van der Waals surface area contributed by atoms with E-state index in [1.165, 1.54) is 32.1 Å². The van der Waals surface area contributed by atoms with Crippen LogP contribution in [0.3, 0.4) is 0 Å². The van der Waals surface area contributed by atoms with Gasteiger partial charge in [-0.1, -0.05) is 19.3 Å². The van der Waals surface area contributed by atoms with Crippen LogP contribution in [-0.2, 0) is 0 Å². The lowest BCUT2D eigenvalue weighted by molar-refractivity contribution is 0.350. The van der Waals surface area contributed by atoms with Gasteiger partial charge in [0.1, 0.15) is 11.6 Å². The van der Waals surface area contributed by atoms with E-state index in [4.69, 9.17) is 10.5 Å². The summed E-state index contributed by atoms with van der Waals surface area (Å²) >= 11 is 0. The van der Waals surface area contributed by atoms with E-state index in [1.54, 1.807) is 7.11 Å². The highest BCUT2D eigenvalue weighted by atomic mass is 16.5. The average molecular weight is 286 g/mol. The summed E-state index contributed by atoms with van der Waals surface area (Å²) < 4.78 is 7.48. The first-order valence-electron chi connectivity index (χ1n) is 7.56. The fourth-order valence-electron chi connectivity index (χ4n) is 3.20. The van der Waals surface area contributed by atoms with Crippen molar-refractivity contribution in [2.24, 2.45) is 0 Å². The van der Waals surface area contributed by atoms with Crippen LogP contribution in [0.5, 0.6) is 5.75 Å². The lowest BCUT2D eigenvalue weighted by atomic mass is 9.95. The molecule has 112 valence electrons. The Balaban J connectivity index is 2.02. The highest BCUT2D eigenvalue weighted by molar-refractivity contribution is 5.73. The number of hydrogen-bond donors (Lipinski definition) is 1. The molecular formula is C16H22N4O. The van der Waals surface area contributed by atoms with Crippen molar-refractivity contribution in [3.63, 3.8) is 0 Å². The lowest BCUT2D eigenvalue weighted by Gasteiger charge is -2.25. The lowest BCUT2D eigenvalue weighted by Crippen LogP contribution is -2.15. The number of nitrogens with zero attached hydrogens (tertiary/aromatic N) is 3. The fourth-order valence-corrected chi connectivity index (χ4v) is 3.20. The van der Waals surface area contributed by atoms with Crippen molar-refractivity contribution < 1.29 is 4.74 Å². The first-order valence-corrected chi connectivity index (χ1v) is 7.56. The van der Waals surface area contributed by atoms with E-state index in [0.717, 1.165) is 23.0 Å². The van der Waals surface area contributed by atoms with Crippen LogP contribution in [-0.4, -0.2) is 21.9 Å². The monoisotopic (exact) mass is 286 g/mol. The molecule has 0 unspecified atom stereocenters. The molecular weight excluding hydrogens is 264 g/mol. The quantitative estimate of drug-likeness (QED) is 0.879. The molecule has 21 heavy (non-hydrogen) atoms. The molecule has 0 saturated heterocycles. The Morgan fingerprint density at radius 2 is 1.95 bits per heavy atom. The number of methoxy groups -OCH3 is 1. The second-order valence-corrected chi connectivity index (χ2v) is 5.69. The zero-order chi connectivity index (χ0) is 14.8. The second kappa shape index (κ2) is 5.76. The number of rotatable bonds is 3. The van der Waals surface area contributed by atoms with E-state index in [9.17, 15) is 0 Å². The van der Waals surface area contributed by atoms with Crippen LogP contribution < -0.4 is 10.5 Å². The number of benzene rings is 1. The third-order valence-corrected chi connectivity index (χ3v) is 4.31. The minimum atomic E-state index is 0.491. The molecule has 0 amide bonds. The zero-order valence-electron chi connectivity index (χ0n) is 12.7. The van der Waals surface area contributed by atoms with Gasteiger partial charge < -0.3 is 15.0 Å². The Bertz CT molecular complexity index is 629. The molecule has 1 saturated carbocycles. The predicted molar refractivity (Wildman–Crippen MR) is 83.3 cm³/mol. The smallest absolute Gasteiger partial charge is 0.166 e. The third kappa shape index (κ3) is 2.60. The first-order chi connectivity index (χ1) is 10.2. The molecule has 2 aromatic rings. The van der Waals surface area contributed by atoms with Crippen LogP contribution in [0.2, 0.25) is 0 Å². The highest BCUT2D eigenvalue weighted by Gasteiger charge is 2.22. The number of aryl methyl sites for hydroxylation is 1. The molecule has 1 aromatic carbocycles. The zero-order valence-corrected chi connectivity index (χ0v) is 12.7. The maximum atomic E-state index is 6.18. The van der Waals surface area contributed by atoms with Crippen molar-refractivity contribution in [1.29, 1.82) is 0 Å². The van der Waals surface area contributed by atoms with Gasteiger partial charge in [-0.2, -0.15) is 0 Å². The molecule has 1 aliphatic rings. The summed E-state index contributed by atoms with van der Waals surface area (Å²) in [5, 5.41) is 8.65. The molecule has 2 N–H and O–H groups in total. The van der Waals surface area contributed by atoms with Gasteiger partial charge in [-0.15, -0.1) is 10.2 Å². The van der Waals surface area contributed by atoms with E-state index < -0.39 is 0 Å². The van der Waals surface area contributed by atoms with Crippen LogP contribution in [0.1, 0.15) is 44.0 Å². The van der Waals surface area contributed by atoms with Gasteiger partial charge in [0, 0.05) is 23.4 Å². The Labute approximate surface area is 125 Å². The van der Waals surface area contributed by atoms with E-state index in [2.05, 4.69) is 14.8 Å². The van der Waals surface area contributed by atoms with Gasteiger partial charge in [-0.25, -0.2) is 0 Å². The molecule has 5 nitrogen and oxygen atoms in total. The molecule has 0 radical (unpaired) electrons. The number of ether oxygens (including phenoxy) is 1. The molecule has 0 aliphatic heterocycles. The number of aromatic nitrogens is 3. The molecule has 1 aromatic heterocycles. The minimum absolute atomic E-state index is 0.491. The van der Waals surface area contributed by atoms with Crippen molar-refractivity contribution in [2.75, 3.05) is 12.8 Å². The van der Waals surface area contributed by atoms with Crippen molar-refractivity contribution >= 4 is 5.69 Å². The fraction of sp³-hybridized carbons (Fsp3) is 0.500. The standard InChI is InChI=1S/C16H22N4O/c1-11-18-19-16(20(11)12-6-4-3-5-7-12)14-9-8-13(21-2)10-15(14)17/h8-10,12H,3-7,17H2,1-2H3. The summed E-state index contributed by atoms with van der Waals surface area (Å²) in [6.07, 6.45) is 6.28. The van der Waals surface area contributed by atoms with Crippen molar-refractivity contribution in [2.45, 2.75) is 45.1 Å². The van der Waals surface area contributed by atoms with Crippen molar-refractivity contribution in [3.8, 4) is 17.1 Å². The normalized spacial score (nSPS) is 16.1. The predicted octanol–water partition coefficient (Wildman–Crippen LogP) is 3.35. The molecule has 3 rings (SSSR count). The molecule has 0 spiro atoms. The average Bonchev–Trinajstić information content (AvgIpc) is 2.89. The largest absolute Gasteiger partial charge is 0.497 e. The summed E-state index contributed by atoms with van der Waals surface area (Å²) in [4.78, 5) is 0. The first kappa shape index (κ1) is 13.9. The Morgan fingerprint density at radius 1 is 1.19 bits per heavy atom. The number of nitrogens with two attached hydrogens (primary N) is 1. The topological polar surface area (TPSA) is 66.0 Å². The Morgan fingerprint density at radius 3 is 2.62 bits per heavy atom. The molecule has 1 heterocycles. The number of anilines is 1. The van der Waals surface area contributed by atoms with Crippen molar-refractivity contribution in [1.82, 2.24) is 14.8 Å². The van der Waals surface area contributed by atoms with Crippen LogP contribution in [0.4, 0.5) is 5.69 Å². The van der Waals surface area contributed by atoms with Gasteiger partial charge in [-0.3, -0.25) is 0 Å². The van der Waals surface area contributed by atoms with Crippen LogP contribution >= 0.6 is 0 Å². The molecule has 0 bridgehead atoms. The second-order valence-electron chi connectivity index (χ2n) is 5.69. The van der Waals surface area contributed by atoms with E-state index in [1.807, 2.05) is 25.1 Å². The van der Waals surface area contributed by atoms with Gasteiger partial charge >= 0.3 is 0 Å². The highest BCUT2D eigenvalue weighted by Crippen LogP contribution is 2.35. The number of hydrogen-bond acceptors (Lipinski definition) is 4. The van der Waals surface area contributed by atoms with Gasteiger partial charge in [0.2, 0.25) is 0 Å².